The van der Waals surface area contributed by atoms with Gasteiger partial charge in [0.15, 0.2) is 18.1 Å². The van der Waals surface area contributed by atoms with E-state index in [1.807, 2.05) is 72.8 Å². The molecule has 176 valence electrons. The highest BCUT2D eigenvalue weighted by Gasteiger charge is 2.22. The molecule has 6 rings (SSSR count). The van der Waals surface area contributed by atoms with Gasteiger partial charge in [-0.25, -0.2) is 14.5 Å². The summed E-state index contributed by atoms with van der Waals surface area (Å²) >= 11 is 0. The number of nitrogens with zero attached hydrogens (tertiary/aromatic N) is 5. The van der Waals surface area contributed by atoms with Gasteiger partial charge < -0.3 is 14.0 Å². The number of benzene rings is 3. The van der Waals surface area contributed by atoms with Crippen LogP contribution in [-0.2, 0) is 11.4 Å². The van der Waals surface area contributed by atoms with Crippen molar-refractivity contribution in [3.05, 3.63) is 103 Å². The van der Waals surface area contributed by atoms with Crippen molar-refractivity contribution in [2.24, 2.45) is 5.16 Å². The summed E-state index contributed by atoms with van der Waals surface area (Å²) in [4.78, 5) is 14.7. The molecule has 3 heterocycles. The van der Waals surface area contributed by atoms with Crippen molar-refractivity contribution >= 4 is 23.0 Å². The molecule has 0 radical (unpaired) electrons. The number of oxime groups is 1. The average Bonchev–Trinajstić information content (AvgIpc) is 3.54. The van der Waals surface area contributed by atoms with E-state index in [1.54, 1.807) is 24.2 Å². The molecule has 0 aliphatic carbocycles. The van der Waals surface area contributed by atoms with Crippen LogP contribution < -0.4 is 4.74 Å². The third-order valence-electron chi connectivity index (χ3n) is 5.76. The molecular formula is C28H21N5O3. The lowest BCUT2D eigenvalue weighted by Gasteiger charge is -2.03. The second-order valence-corrected chi connectivity index (χ2v) is 8.04. The van der Waals surface area contributed by atoms with Gasteiger partial charge >= 0.3 is 0 Å². The van der Waals surface area contributed by atoms with Crippen LogP contribution in [0, 0.1) is 0 Å². The van der Waals surface area contributed by atoms with Crippen LogP contribution in [0.25, 0.3) is 39.2 Å². The van der Waals surface area contributed by atoms with Gasteiger partial charge in [0.2, 0.25) is 5.71 Å². The summed E-state index contributed by atoms with van der Waals surface area (Å²) in [5.41, 5.74) is 4.93. The Labute approximate surface area is 206 Å². The lowest BCUT2D eigenvalue weighted by atomic mass is 9.99. The summed E-state index contributed by atoms with van der Waals surface area (Å²) < 4.78 is 13.1. The van der Waals surface area contributed by atoms with Crippen molar-refractivity contribution in [1.82, 2.24) is 19.6 Å². The molecule has 0 N–H and O–H groups in total. The normalized spacial score (nSPS) is 11.5. The standard InChI is InChI=1S/C28H21N5O3/c1-34-22-14-12-19(13-15-22)16-30-35-17-23-31-27-25-24(20-8-4-2-5-9-20)26(21-10-6-3-7-11-21)36-28(25)29-18-33(27)32-23/h2-16,18H,17H2,1H3/b30-16-. The Kier molecular flexibility index (Phi) is 5.59. The number of fused-ring (bicyclic) bond motifs is 3. The molecule has 0 amide bonds. The average molecular weight is 476 g/mol. The number of hydrogen-bond donors (Lipinski definition) is 0. The minimum absolute atomic E-state index is 0.111. The predicted molar refractivity (Wildman–Crippen MR) is 137 cm³/mol. The quantitative estimate of drug-likeness (QED) is 0.215. The molecule has 8 heteroatoms. The monoisotopic (exact) mass is 475 g/mol. The third-order valence-corrected chi connectivity index (χ3v) is 5.76. The maximum atomic E-state index is 6.27. The van der Waals surface area contributed by atoms with Crippen LogP contribution >= 0.6 is 0 Å². The molecule has 0 atom stereocenters. The van der Waals surface area contributed by atoms with E-state index in [-0.39, 0.29) is 6.61 Å². The van der Waals surface area contributed by atoms with E-state index < -0.39 is 0 Å². The van der Waals surface area contributed by atoms with Crippen LogP contribution in [0.5, 0.6) is 5.75 Å². The summed E-state index contributed by atoms with van der Waals surface area (Å²) in [7, 11) is 1.63. The number of rotatable bonds is 7. The van der Waals surface area contributed by atoms with E-state index >= 15 is 0 Å². The molecule has 0 fully saturated rings. The van der Waals surface area contributed by atoms with E-state index in [4.69, 9.17) is 19.0 Å². The highest BCUT2D eigenvalue weighted by molar-refractivity contribution is 6.07. The highest BCUT2D eigenvalue weighted by Crippen LogP contribution is 2.41. The maximum Gasteiger partial charge on any atom is 0.232 e. The molecule has 0 aliphatic rings. The molecule has 36 heavy (non-hydrogen) atoms. The van der Waals surface area contributed by atoms with E-state index in [2.05, 4.69) is 27.4 Å². The van der Waals surface area contributed by atoms with Crippen molar-refractivity contribution < 1.29 is 14.0 Å². The molecule has 3 aromatic carbocycles. The largest absolute Gasteiger partial charge is 0.497 e. The van der Waals surface area contributed by atoms with Crippen LogP contribution in [-0.4, -0.2) is 32.9 Å². The molecule has 0 saturated heterocycles. The van der Waals surface area contributed by atoms with Crippen molar-refractivity contribution in [3.8, 4) is 28.2 Å². The van der Waals surface area contributed by atoms with Gasteiger partial charge in [0.1, 0.15) is 17.8 Å². The Morgan fingerprint density at radius 1 is 0.917 bits per heavy atom. The zero-order valence-electron chi connectivity index (χ0n) is 19.4. The summed E-state index contributed by atoms with van der Waals surface area (Å²) in [6.07, 6.45) is 3.23. The first-order valence-corrected chi connectivity index (χ1v) is 11.4. The maximum absolute atomic E-state index is 6.27. The van der Waals surface area contributed by atoms with E-state index in [0.717, 1.165) is 39.1 Å². The minimum atomic E-state index is 0.111. The summed E-state index contributed by atoms with van der Waals surface area (Å²) in [5.74, 6) is 2.01. The van der Waals surface area contributed by atoms with Crippen molar-refractivity contribution in [2.45, 2.75) is 6.61 Å². The molecule has 0 saturated carbocycles. The van der Waals surface area contributed by atoms with Crippen LogP contribution in [0.3, 0.4) is 0 Å². The zero-order valence-corrected chi connectivity index (χ0v) is 19.4. The van der Waals surface area contributed by atoms with E-state index in [1.165, 1.54) is 0 Å². The Bertz CT molecular complexity index is 1660. The second kappa shape index (κ2) is 9.34. The van der Waals surface area contributed by atoms with E-state index in [0.29, 0.717) is 17.2 Å². The molecule has 8 nitrogen and oxygen atoms in total. The Balaban J connectivity index is 1.36. The second-order valence-electron chi connectivity index (χ2n) is 8.04. The molecule has 0 unspecified atom stereocenters. The number of aromatic nitrogens is 4. The predicted octanol–water partition coefficient (Wildman–Crippen LogP) is 5.76. The summed E-state index contributed by atoms with van der Waals surface area (Å²) in [5, 5.41) is 9.37. The molecular weight excluding hydrogens is 454 g/mol. The first kappa shape index (κ1) is 21.5. The Morgan fingerprint density at radius 3 is 2.36 bits per heavy atom. The highest BCUT2D eigenvalue weighted by atomic mass is 16.6. The molecule has 6 aromatic rings. The van der Waals surface area contributed by atoms with Gasteiger partial charge in [0.25, 0.3) is 0 Å². The molecule has 0 aliphatic heterocycles. The number of ether oxygens (including phenoxy) is 1. The van der Waals surface area contributed by atoms with Gasteiger partial charge in [0, 0.05) is 11.1 Å². The van der Waals surface area contributed by atoms with Crippen LogP contribution in [0.1, 0.15) is 11.4 Å². The number of hydrogen-bond acceptors (Lipinski definition) is 7. The molecule has 0 spiro atoms. The smallest absolute Gasteiger partial charge is 0.232 e. The topological polar surface area (TPSA) is 87.0 Å². The van der Waals surface area contributed by atoms with E-state index in [9.17, 15) is 0 Å². The van der Waals surface area contributed by atoms with Crippen LogP contribution in [0.4, 0.5) is 0 Å². The van der Waals surface area contributed by atoms with Gasteiger partial charge in [-0.15, -0.1) is 5.10 Å². The van der Waals surface area contributed by atoms with Crippen molar-refractivity contribution in [2.75, 3.05) is 7.11 Å². The fourth-order valence-corrected chi connectivity index (χ4v) is 4.06. The minimum Gasteiger partial charge on any atom is -0.497 e. The fraction of sp³-hybridized carbons (Fsp3) is 0.0714. The SMILES string of the molecule is COc1ccc(/C=N\OCc2nc3c4c(-c5ccccc5)c(-c5ccccc5)oc4ncn3n2)cc1. The van der Waals surface area contributed by atoms with Crippen LogP contribution in [0.15, 0.2) is 101 Å². The van der Waals surface area contributed by atoms with Crippen LogP contribution in [0.2, 0.25) is 0 Å². The van der Waals surface area contributed by atoms with Gasteiger partial charge in [-0.2, -0.15) is 0 Å². The summed E-state index contributed by atoms with van der Waals surface area (Å²) in [6.45, 7) is 0.111. The summed E-state index contributed by atoms with van der Waals surface area (Å²) in [6, 6.07) is 27.6. The van der Waals surface area contributed by atoms with Crippen molar-refractivity contribution in [3.63, 3.8) is 0 Å². The van der Waals surface area contributed by atoms with Crippen molar-refractivity contribution in [1.29, 1.82) is 0 Å². The number of methoxy groups -OCH3 is 1. The van der Waals surface area contributed by atoms with Gasteiger partial charge in [-0.05, 0) is 35.4 Å². The number of furan rings is 1. The van der Waals surface area contributed by atoms with Gasteiger partial charge in [0.05, 0.1) is 18.7 Å². The molecule has 3 aromatic heterocycles. The lowest BCUT2D eigenvalue weighted by molar-refractivity contribution is 0.126. The molecule has 0 bridgehead atoms. The third kappa shape index (κ3) is 4.05. The van der Waals surface area contributed by atoms with Gasteiger partial charge in [-0.1, -0.05) is 65.8 Å². The lowest BCUT2D eigenvalue weighted by Crippen LogP contribution is -1.93. The Hall–Kier alpha value is -4.98. The Morgan fingerprint density at radius 2 is 1.64 bits per heavy atom. The fourth-order valence-electron chi connectivity index (χ4n) is 4.06. The zero-order chi connectivity index (χ0) is 24.3. The van der Waals surface area contributed by atoms with Gasteiger partial charge in [-0.3, -0.25) is 0 Å². The first-order chi connectivity index (χ1) is 17.8. The first-order valence-electron chi connectivity index (χ1n) is 11.4.